The molecule has 1 heterocycles. The summed E-state index contributed by atoms with van der Waals surface area (Å²) in [5, 5.41) is 0. The quantitative estimate of drug-likeness (QED) is 0.587. The lowest BCUT2D eigenvalue weighted by atomic mass is 9.91. The van der Waals surface area contributed by atoms with Crippen LogP contribution in [0.25, 0.3) is 11.3 Å². The van der Waals surface area contributed by atoms with Crippen LogP contribution in [0.5, 0.6) is 0 Å². The lowest BCUT2D eigenvalue weighted by molar-refractivity contribution is 0.100. The zero-order valence-electron chi connectivity index (χ0n) is 19.7. The Kier molecular flexibility index (Phi) is 14.6. The normalized spacial score (nSPS) is 12.9. The van der Waals surface area contributed by atoms with Crippen LogP contribution in [0.3, 0.4) is 0 Å². The molecule has 0 unspecified atom stereocenters. The molecule has 0 radical (unpaired) electrons. The van der Waals surface area contributed by atoms with Crippen molar-refractivity contribution in [2.75, 3.05) is 0 Å². The van der Waals surface area contributed by atoms with Gasteiger partial charge in [0.25, 0.3) is 0 Å². The Hall–Kier alpha value is -2.16. The summed E-state index contributed by atoms with van der Waals surface area (Å²) >= 11 is 0. The summed E-state index contributed by atoms with van der Waals surface area (Å²) in [4.78, 5) is 15.6. The molecule has 1 aromatic carbocycles. The third-order valence-corrected chi connectivity index (χ3v) is 4.86. The maximum atomic E-state index is 11.2. The van der Waals surface area contributed by atoms with E-state index >= 15 is 0 Å². The van der Waals surface area contributed by atoms with Gasteiger partial charge in [0.2, 0.25) is 5.91 Å². The number of hydrogen-bond acceptors (Lipinski definition) is 2. The van der Waals surface area contributed by atoms with Crippen LogP contribution in [-0.2, 0) is 6.42 Å². The monoisotopic (exact) mass is 398 g/mol. The van der Waals surface area contributed by atoms with Crippen molar-refractivity contribution in [3.63, 3.8) is 0 Å². The Bertz CT molecular complexity index is 704. The van der Waals surface area contributed by atoms with Crippen LogP contribution < -0.4 is 5.73 Å². The number of primary amides is 1. The fourth-order valence-electron chi connectivity index (χ4n) is 3.26. The minimum Gasteiger partial charge on any atom is -0.366 e. The van der Waals surface area contributed by atoms with Crippen LogP contribution in [0.1, 0.15) is 95.1 Å². The Morgan fingerprint density at radius 3 is 2.14 bits per heavy atom. The maximum absolute atomic E-state index is 11.2. The molecular weight excluding hydrogens is 356 g/mol. The number of carbonyl (C=O) groups is 1. The number of benzene rings is 1. The van der Waals surface area contributed by atoms with E-state index in [1.54, 1.807) is 12.1 Å². The van der Waals surface area contributed by atoms with E-state index in [1.807, 2.05) is 52.9 Å². The molecule has 3 nitrogen and oxygen atoms in total. The molecule has 2 aromatic rings. The Morgan fingerprint density at radius 2 is 1.69 bits per heavy atom. The van der Waals surface area contributed by atoms with Gasteiger partial charge in [0.1, 0.15) is 0 Å². The van der Waals surface area contributed by atoms with E-state index in [1.165, 1.54) is 37.7 Å². The average Bonchev–Trinajstić information content (AvgIpc) is 2.77. The average molecular weight is 399 g/mol. The summed E-state index contributed by atoms with van der Waals surface area (Å²) in [5.74, 6) is 0.619. The number of carbonyl (C=O) groups excluding carboxylic acids is 1. The van der Waals surface area contributed by atoms with Crippen LogP contribution in [0.2, 0.25) is 0 Å². The fraction of sp³-hybridized carbons (Fsp3) is 0.538. The third kappa shape index (κ3) is 9.74. The number of pyridine rings is 1. The molecule has 1 aliphatic rings. The van der Waals surface area contributed by atoms with Gasteiger partial charge < -0.3 is 5.73 Å². The molecule has 3 heteroatoms. The molecule has 29 heavy (non-hydrogen) atoms. The first kappa shape index (κ1) is 26.8. The van der Waals surface area contributed by atoms with E-state index < -0.39 is 5.91 Å². The second-order valence-electron chi connectivity index (χ2n) is 7.05. The summed E-state index contributed by atoms with van der Waals surface area (Å²) in [6.07, 6.45) is 10.3. The summed E-state index contributed by atoms with van der Waals surface area (Å²) in [6.45, 7) is 14.5. The van der Waals surface area contributed by atoms with Crippen LogP contribution in [0.15, 0.2) is 36.5 Å². The molecule has 0 bridgehead atoms. The van der Waals surface area contributed by atoms with Crippen LogP contribution in [0.4, 0.5) is 0 Å². The smallest absolute Gasteiger partial charge is 0.248 e. The Balaban J connectivity index is 0.000000593. The molecule has 0 atom stereocenters. The molecule has 0 aliphatic heterocycles. The van der Waals surface area contributed by atoms with Crippen molar-refractivity contribution < 1.29 is 4.79 Å². The first-order chi connectivity index (χ1) is 14.0. The lowest BCUT2D eigenvalue weighted by Crippen LogP contribution is -2.10. The molecular formula is C26H42N2O. The number of aromatic nitrogens is 1. The standard InChI is InChI=1S/C15H16N2O.C7H14.2C2H6/c1-3-11-7-10(2)14(17-9-11)12-5-4-6-13(8-12)15(16)18;1-7-5-3-2-4-6-7;2*1-2/h4-9H,3H2,1-2H3,(H2,16,18);7H,2-6H2,1H3;2*1-2H3. The van der Waals surface area contributed by atoms with E-state index in [2.05, 4.69) is 24.9 Å². The van der Waals surface area contributed by atoms with Gasteiger partial charge in [-0.2, -0.15) is 0 Å². The Morgan fingerprint density at radius 1 is 1.07 bits per heavy atom. The van der Waals surface area contributed by atoms with Gasteiger partial charge in [-0.25, -0.2) is 0 Å². The molecule has 2 N–H and O–H groups in total. The highest BCUT2D eigenvalue weighted by Crippen LogP contribution is 2.23. The molecule has 1 aromatic heterocycles. The minimum atomic E-state index is -0.417. The van der Waals surface area contributed by atoms with E-state index in [0.717, 1.165) is 29.2 Å². The summed E-state index contributed by atoms with van der Waals surface area (Å²) in [5.41, 5.74) is 9.93. The molecule has 0 spiro atoms. The Labute approximate surface area is 179 Å². The first-order valence-electron chi connectivity index (χ1n) is 11.4. The van der Waals surface area contributed by atoms with Gasteiger partial charge in [-0.3, -0.25) is 9.78 Å². The van der Waals surface area contributed by atoms with E-state index in [0.29, 0.717) is 5.56 Å². The SMILES string of the molecule is CC.CC.CC1CCCCC1.CCc1cnc(-c2cccc(C(N)=O)c2)c(C)c1. The van der Waals surface area contributed by atoms with E-state index in [9.17, 15) is 4.79 Å². The maximum Gasteiger partial charge on any atom is 0.248 e. The lowest BCUT2D eigenvalue weighted by Gasteiger charge is -2.15. The second kappa shape index (κ2) is 15.7. The summed E-state index contributed by atoms with van der Waals surface area (Å²) < 4.78 is 0. The van der Waals surface area contributed by atoms with Gasteiger partial charge in [0, 0.05) is 17.3 Å². The topological polar surface area (TPSA) is 56.0 Å². The number of nitrogens with zero attached hydrogens (tertiary/aromatic N) is 1. The molecule has 162 valence electrons. The molecule has 0 saturated heterocycles. The van der Waals surface area contributed by atoms with Crippen molar-refractivity contribution in [2.24, 2.45) is 11.7 Å². The number of hydrogen-bond donors (Lipinski definition) is 1. The number of rotatable bonds is 3. The summed E-state index contributed by atoms with van der Waals surface area (Å²) in [6, 6.07) is 9.38. The second-order valence-corrected chi connectivity index (χ2v) is 7.05. The van der Waals surface area contributed by atoms with E-state index in [4.69, 9.17) is 5.73 Å². The van der Waals surface area contributed by atoms with Gasteiger partial charge in [0.15, 0.2) is 0 Å². The highest BCUT2D eigenvalue weighted by atomic mass is 16.1. The third-order valence-electron chi connectivity index (χ3n) is 4.86. The molecule has 1 saturated carbocycles. The van der Waals surface area contributed by atoms with Gasteiger partial charge in [-0.15, -0.1) is 0 Å². The zero-order valence-corrected chi connectivity index (χ0v) is 19.7. The number of nitrogens with two attached hydrogens (primary N) is 1. The molecule has 1 fully saturated rings. The first-order valence-corrected chi connectivity index (χ1v) is 11.4. The number of aryl methyl sites for hydroxylation is 2. The van der Waals surface area contributed by atoms with Gasteiger partial charge >= 0.3 is 0 Å². The highest BCUT2D eigenvalue weighted by Gasteiger charge is 2.07. The largest absolute Gasteiger partial charge is 0.366 e. The summed E-state index contributed by atoms with van der Waals surface area (Å²) in [7, 11) is 0. The fourth-order valence-corrected chi connectivity index (χ4v) is 3.26. The zero-order chi connectivity index (χ0) is 22.2. The van der Waals surface area contributed by atoms with Crippen molar-refractivity contribution >= 4 is 5.91 Å². The van der Waals surface area contributed by atoms with Gasteiger partial charge in [0.05, 0.1) is 5.69 Å². The molecule has 3 rings (SSSR count). The molecule has 1 amide bonds. The van der Waals surface area contributed by atoms with E-state index in [-0.39, 0.29) is 0 Å². The van der Waals surface area contributed by atoms with Crippen molar-refractivity contribution in [3.05, 3.63) is 53.2 Å². The predicted molar refractivity (Wildman–Crippen MR) is 127 cm³/mol. The van der Waals surface area contributed by atoms with Crippen LogP contribution in [-0.4, -0.2) is 10.9 Å². The van der Waals surface area contributed by atoms with Gasteiger partial charge in [-0.1, -0.05) is 91.8 Å². The highest BCUT2D eigenvalue weighted by molar-refractivity contribution is 5.94. The van der Waals surface area contributed by atoms with Crippen LogP contribution >= 0.6 is 0 Å². The number of amides is 1. The van der Waals surface area contributed by atoms with Crippen molar-refractivity contribution in [3.8, 4) is 11.3 Å². The van der Waals surface area contributed by atoms with Crippen molar-refractivity contribution in [1.29, 1.82) is 0 Å². The van der Waals surface area contributed by atoms with Crippen molar-refractivity contribution in [2.45, 2.75) is 87.0 Å². The molecule has 1 aliphatic carbocycles. The van der Waals surface area contributed by atoms with Gasteiger partial charge in [-0.05, 0) is 42.5 Å². The predicted octanol–water partition coefficient (Wildman–Crippen LogP) is 7.36. The minimum absolute atomic E-state index is 0.417. The van der Waals surface area contributed by atoms with Crippen LogP contribution in [0, 0.1) is 12.8 Å². The van der Waals surface area contributed by atoms with Crippen molar-refractivity contribution in [1.82, 2.24) is 4.98 Å².